The lowest BCUT2D eigenvalue weighted by Crippen LogP contribution is -2.67. The molecule has 482 valence electrons. The standard InChI is InChI=1S/C59H96O25/c1-24-34(62)38(66)41(69)48(77-24)76-23-30-37(65)39(67)42(70)49(80-30)82-45-29(21-60)79-50(43(71)40(45)68)83-46-35(63)25(2)78-51(44(46)72)84-47-36(64)28(61)22-75-52(47)81-33-13-14-56(7)31(55(33,5)6)12-15-58(9)32(56)11-10-26-27-20-54(3,4)16-18-59(27,53(73)74)19-17-57(26,58)8/h10,24-25,27-52,60-72H,11-23H2,1-9H3,(H,73,74). The minimum absolute atomic E-state index is 0.00326. The Balaban J connectivity index is 0.796. The summed E-state index contributed by atoms with van der Waals surface area (Å²) < 4.78 is 59.6. The Hall–Kier alpha value is -1.71. The first-order valence-corrected chi connectivity index (χ1v) is 30.5. The number of fused-ring (bicyclic) bond motifs is 7. The van der Waals surface area contributed by atoms with Gasteiger partial charge in [0, 0.05) is 0 Å². The molecule has 0 amide bonds. The quantitative estimate of drug-likeness (QED) is 0.0781. The zero-order valence-electron chi connectivity index (χ0n) is 49.7. The summed E-state index contributed by atoms with van der Waals surface area (Å²) in [5, 5.41) is 153. The lowest BCUT2D eigenvalue weighted by atomic mass is 9.33. The number of carboxylic acids is 1. The van der Waals surface area contributed by atoms with Gasteiger partial charge in [0.2, 0.25) is 0 Å². The molecule has 9 fully saturated rings. The molecule has 0 aromatic rings. The SMILES string of the molecule is CC1OC(OCC2OC(OC3C(CO)OC(OC4C(O)C(C)OC(OC5C(OC6CCC7(C)C(CCC8(C)C7CC=C7C9CC(C)(C)CCC9(C(=O)O)CCC78C)C6(C)C)OCC(O)C5O)C4O)C(O)C3O)C(O)C(O)C2O)C(O)C(O)C1O. The van der Waals surface area contributed by atoms with E-state index < -0.39 is 184 Å². The number of carboxylic acid groups (broad SMARTS) is 1. The molecule has 14 N–H and O–H groups in total. The monoisotopic (exact) mass is 1200 g/mol. The van der Waals surface area contributed by atoms with Crippen molar-refractivity contribution in [2.45, 2.75) is 280 Å². The number of rotatable bonds is 13. The van der Waals surface area contributed by atoms with Crippen LogP contribution in [0.4, 0.5) is 0 Å². The maximum Gasteiger partial charge on any atom is 0.310 e. The Labute approximate surface area is 490 Å². The number of hydrogen-bond donors (Lipinski definition) is 14. The van der Waals surface area contributed by atoms with E-state index in [-0.39, 0.29) is 40.1 Å². The number of aliphatic hydroxyl groups is 13. The highest BCUT2D eigenvalue weighted by molar-refractivity contribution is 5.76. The summed E-state index contributed by atoms with van der Waals surface area (Å²) in [6, 6.07) is 0. The van der Waals surface area contributed by atoms with E-state index in [1.807, 2.05) is 0 Å². The Morgan fingerprint density at radius 1 is 0.560 bits per heavy atom. The molecule has 10 rings (SSSR count). The van der Waals surface area contributed by atoms with E-state index in [2.05, 4.69) is 54.5 Å². The Bertz CT molecular complexity index is 2340. The maximum atomic E-state index is 13.2. The van der Waals surface area contributed by atoms with Gasteiger partial charge in [0.15, 0.2) is 31.5 Å². The van der Waals surface area contributed by atoms with Crippen LogP contribution >= 0.6 is 0 Å². The van der Waals surface area contributed by atoms with Gasteiger partial charge in [0.1, 0.15) is 104 Å². The predicted octanol–water partition coefficient (Wildman–Crippen LogP) is -0.951. The molecule has 0 aromatic carbocycles. The second-order valence-corrected chi connectivity index (χ2v) is 28.7. The molecule has 0 radical (unpaired) electrons. The Kier molecular flexibility index (Phi) is 18.5. The van der Waals surface area contributed by atoms with Crippen LogP contribution < -0.4 is 0 Å². The van der Waals surface area contributed by atoms with E-state index in [9.17, 15) is 76.3 Å². The van der Waals surface area contributed by atoms with Gasteiger partial charge in [-0.15, -0.1) is 0 Å². The zero-order valence-corrected chi connectivity index (χ0v) is 49.7. The summed E-state index contributed by atoms with van der Waals surface area (Å²) in [6.07, 6.45) is -29.6. The van der Waals surface area contributed by atoms with E-state index in [1.54, 1.807) is 0 Å². The van der Waals surface area contributed by atoms with Crippen molar-refractivity contribution in [2.75, 3.05) is 19.8 Å². The van der Waals surface area contributed by atoms with Crippen molar-refractivity contribution in [1.82, 2.24) is 0 Å². The smallest absolute Gasteiger partial charge is 0.310 e. The Morgan fingerprint density at radius 2 is 1.14 bits per heavy atom. The molecule has 5 heterocycles. The van der Waals surface area contributed by atoms with E-state index in [0.29, 0.717) is 25.2 Å². The molecule has 5 saturated heterocycles. The van der Waals surface area contributed by atoms with Crippen LogP contribution in [-0.4, -0.2) is 251 Å². The number of hydrogen-bond acceptors (Lipinski definition) is 24. The molecule has 0 bridgehead atoms. The van der Waals surface area contributed by atoms with Crippen LogP contribution in [0.15, 0.2) is 11.6 Å². The molecule has 0 spiro atoms. The molecule has 25 heteroatoms. The van der Waals surface area contributed by atoms with Gasteiger partial charge in [0.25, 0.3) is 0 Å². The van der Waals surface area contributed by atoms with Gasteiger partial charge in [-0.1, -0.05) is 60.1 Å². The molecule has 32 unspecified atom stereocenters. The van der Waals surface area contributed by atoms with E-state index >= 15 is 0 Å². The number of carbonyl (C=O) groups is 1. The van der Waals surface area contributed by atoms with Crippen LogP contribution in [0.25, 0.3) is 0 Å². The van der Waals surface area contributed by atoms with Crippen molar-refractivity contribution in [1.29, 1.82) is 0 Å². The van der Waals surface area contributed by atoms with Crippen LogP contribution in [0.1, 0.15) is 127 Å². The average Bonchev–Trinajstić information content (AvgIpc) is 0.822. The van der Waals surface area contributed by atoms with Gasteiger partial charge >= 0.3 is 5.97 Å². The zero-order chi connectivity index (χ0) is 61.3. The molecule has 0 aromatic heterocycles. The molecule has 5 aliphatic carbocycles. The largest absolute Gasteiger partial charge is 0.481 e. The summed E-state index contributed by atoms with van der Waals surface area (Å²) in [5.41, 5.74) is -0.144. The van der Waals surface area contributed by atoms with Gasteiger partial charge in [-0.25, -0.2) is 0 Å². The normalized spacial score (nSPS) is 54.7. The van der Waals surface area contributed by atoms with Crippen LogP contribution in [-0.2, 0) is 52.2 Å². The van der Waals surface area contributed by atoms with E-state index in [4.69, 9.17) is 47.4 Å². The third-order valence-electron chi connectivity index (χ3n) is 23.1. The highest BCUT2D eigenvalue weighted by Crippen LogP contribution is 2.76. The second-order valence-electron chi connectivity index (χ2n) is 28.7. The van der Waals surface area contributed by atoms with Gasteiger partial charge in [-0.3, -0.25) is 4.79 Å². The number of allylic oxidation sites excluding steroid dienone is 2. The third-order valence-corrected chi connectivity index (χ3v) is 23.1. The van der Waals surface area contributed by atoms with Crippen LogP contribution in [0.2, 0.25) is 0 Å². The first-order chi connectivity index (χ1) is 39.3. The van der Waals surface area contributed by atoms with Gasteiger partial charge in [0.05, 0.1) is 43.5 Å². The number of aliphatic carboxylic acids is 1. The summed E-state index contributed by atoms with van der Waals surface area (Å²) in [7, 11) is 0. The molecular formula is C59H96O25. The molecule has 5 aliphatic heterocycles. The minimum atomic E-state index is -2.07. The lowest BCUT2D eigenvalue weighted by molar-refractivity contribution is -0.391. The highest BCUT2D eigenvalue weighted by Gasteiger charge is 2.70. The summed E-state index contributed by atoms with van der Waals surface area (Å²) in [5.74, 6) is -0.166. The van der Waals surface area contributed by atoms with Crippen LogP contribution in [0.3, 0.4) is 0 Å². The second kappa shape index (κ2) is 23.8. The highest BCUT2D eigenvalue weighted by atomic mass is 16.8. The first kappa shape index (κ1) is 65.2. The molecule has 84 heavy (non-hydrogen) atoms. The lowest BCUT2D eigenvalue weighted by Gasteiger charge is -2.71. The van der Waals surface area contributed by atoms with E-state index in [1.165, 1.54) is 19.4 Å². The van der Waals surface area contributed by atoms with Crippen molar-refractivity contribution in [3.8, 4) is 0 Å². The molecule has 4 saturated carbocycles. The fraction of sp³-hybridized carbons (Fsp3) is 0.949. The van der Waals surface area contributed by atoms with Crippen molar-refractivity contribution in [3.63, 3.8) is 0 Å². The molecule has 32 atom stereocenters. The van der Waals surface area contributed by atoms with Crippen molar-refractivity contribution in [3.05, 3.63) is 11.6 Å². The van der Waals surface area contributed by atoms with Crippen molar-refractivity contribution >= 4 is 5.97 Å². The van der Waals surface area contributed by atoms with E-state index in [0.717, 1.165) is 44.9 Å². The number of ether oxygens (including phenoxy) is 10. The molecular weight excluding hydrogens is 1110 g/mol. The summed E-state index contributed by atoms with van der Waals surface area (Å²) in [6.45, 7) is 17.3. The topological polar surface area (TPSA) is 393 Å². The fourth-order valence-corrected chi connectivity index (χ4v) is 17.6. The average molecular weight is 1210 g/mol. The summed E-state index contributed by atoms with van der Waals surface area (Å²) in [4.78, 5) is 13.2. The predicted molar refractivity (Wildman–Crippen MR) is 287 cm³/mol. The minimum Gasteiger partial charge on any atom is -0.481 e. The summed E-state index contributed by atoms with van der Waals surface area (Å²) >= 11 is 0. The van der Waals surface area contributed by atoms with Crippen LogP contribution in [0.5, 0.6) is 0 Å². The van der Waals surface area contributed by atoms with Crippen molar-refractivity contribution in [2.24, 2.45) is 50.2 Å². The van der Waals surface area contributed by atoms with Crippen molar-refractivity contribution < 1.29 is 124 Å². The van der Waals surface area contributed by atoms with Gasteiger partial charge < -0.3 is 119 Å². The number of aliphatic hydroxyl groups excluding tert-OH is 13. The third kappa shape index (κ3) is 10.9. The molecule has 10 aliphatic rings. The van der Waals surface area contributed by atoms with Gasteiger partial charge in [-0.2, -0.15) is 0 Å². The first-order valence-electron chi connectivity index (χ1n) is 30.5. The fourth-order valence-electron chi connectivity index (χ4n) is 17.6. The maximum absolute atomic E-state index is 13.2. The Morgan fingerprint density at radius 3 is 1.82 bits per heavy atom. The van der Waals surface area contributed by atoms with Crippen LogP contribution in [0, 0.1) is 50.2 Å². The van der Waals surface area contributed by atoms with Gasteiger partial charge in [-0.05, 0) is 123 Å². The molecule has 25 nitrogen and oxygen atoms in total.